The molecule has 1 N–H and O–H groups in total. The first kappa shape index (κ1) is 12.2. The Bertz CT molecular complexity index is 246. The van der Waals surface area contributed by atoms with Crippen LogP contribution in [0.25, 0.3) is 0 Å². The Labute approximate surface area is 93.3 Å². The third-order valence-electron chi connectivity index (χ3n) is 2.39. The van der Waals surface area contributed by atoms with Gasteiger partial charge in [0.1, 0.15) is 0 Å². The standard InChI is InChI=1S/C13H22N2/c1-3-9-14-10-11-15(2)12-13-7-5-4-6-8-13/h4-8,14H,3,9-12H2,1-2H3. The molecule has 1 rings (SSSR count). The first-order chi connectivity index (χ1) is 7.33. The topological polar surface area (TPSA) is 15.3 Å². The van der Waals surface area contributed by atoms with Gasteiger partial charge in [-0.2, -0.15) is 0 Å². The van der Waals surface area contributed by atoms with E-state index in [1.807, 2.05) is 0 Å². The van der Waals surface area contributed by atoms with Gasteiger partial charge in [0.05, 0.1) is 0 Å². The van der Waals surface area contributed by atoms with E-state index in [0.717, 1.165) is 26.2 Å². The summed E-state index contributed by atoms with van der Waals surface area (Å²) in [5.74, 6) is 0. The highest BCUT2D eigenvalue weighted by molar-refractivity contribution is 5.14. The number of rotatable bonds is 7. The summed E-state index contributed by atoms with van der Waals surface area (Å²) in [5.41, 5.74) is 1.38. The van der Waals surface area contributed by atoms with Gasteiger partial charge in [-0.25, -0.2) is 0 Å². The minimum Gasteiger partial charge on any atom is -0.315 e. The molecule has 0 saturated heterocycles. The second kappa shape index (κ2) is 7.43. The van der Waals surface area contributed by atoms with Gasteiger partial charge in [0.2, 0.25) is 0 Å². The second-order valence-corrected chi connectivity index (χ2v) is 3.97. The van der Waals surface area contributed by atoms with Crippen molar-refractivity contribution >= 4 is 0 Å². The van der Waals surface area contributed by atoms with Crippen molar-refractivity contribution in [3.63, 3.8) is 0 Å². The van der Waals surface area contributed by atoms with Gasteiger partial charge >= 0.3 is 0 Å². The van der Waals surface area contributed by atoms with Crippen molar-refractivity contribution in [2.24, 2.45) is 0 Å². The molecule has 0 atom stereocenters. The predicted octanol–water partition coefficient (Wildman–Crippen LogP) is 2.12. The Morgan fingerprint density at radius 1 is 1.13 bits per heavy atom. The number of nitrogens with zero attached hydrogens (tertiary/aromatic N) is 1. The maximum Gasteiger partial charge on any atom is 0.0231 e. The smallest absolute Gasteiger partial charge is 0.0231 e. The Morgan fingerprint density at radius 2 is 1.87 bits per heavy atom. The van der Waals surface area contributed by atoms with E-state index in [9.17, 15) is 0 Å². The van der Waals surface area contributed by atoms with Crippen LogP contribution in [0.1, 0.15) is 18.9 Å². The van der Waals surface area contributed by atoms with E-state index < -0.39 is 0 Å². The number of hydrogen-bond acceptors (Lipinski definition) is 2. The minimum atomic E-state index is 1.04. The van der Waals surface area contributed by atoms with Gasteiger partial charge in [0, 0.05) is 19.6 Å². The van der Waals surface area contributed by atoms with Crippen LogP contribution in [-0.4, -0.2) is 31.6 Å². The van der Waals surface area contributed by atoms with Crippen molar-refractivity contribution in [3.05, 3.63) is 35.9 Å². The zero-order valence-corrected chi connectivity index (χ0v) is 9.87. The van der Waals surface area contributed by atoms with Gasteiger partial charge in [-0.1, -0.05) is 37.3 Å². The van der Waals surface area contributed by atoms with Gasteiger partial charge in [0.15, 0.2) is 0 Å². The molecule has 0 bridgehead atoms. The summed E-state index contributed by atoms with van der Waals surface area (Å²) in [4.78, 5) is 2.35. The molecule has 2 nitrogen and oxygen atoms in total. The fourth-order valence-corrected chi connectivity index (χ4v) is 1.55. The van der Waals surface area contributed by atoms with Crippen LogP contribution >= 0.6 is 0 Å². The van der Waals surface area contributed by atoms with E-state index in [1.54, 1.807) is 0 Å². The maximum absolute atomic E-state index is 3.41. The molecule has 0 fully saturated rings. The monoisotopic (exact) mass is 206 g/mol. The SMILES string of the molecule is CCCNCCN(C)Cc1ccccc1. The quantitative estimate of drug-likeness (QED) is 0.687. The molecule has 0 spiro atoms. The van der Waals surface area contributed by atoms with E-state index >= 15 is 0 Å². The lowest BCUT2D eigenvalue weighted by Gasteiger charge is -2.16. The third kappa shape index (κ3) is 5.55. The lowest BCUT2D eigenvalue weighted by Crippen LogP contribution is -2.29. The molecule has 0 amide bonds. The fraction of sp³-hybridized carbons (Fsp3) is 0.538. The van der Waals surface area contributed by atoms with Gasteiger partial charge in [-0.3, -0.25) is 0 Å². The summed E-state index contributed by atoms with van der Waals surface area (Å²) in [6.45, 7) is 6.54. The largest absolute Gasteiger partial charge is 0.315 e. The molecule has 84 valence electrons. The fourth-order valence-electron chi connectivity index (χ4n) is 1.55. The molecule has 2 heteroatoms. The predicted molar refractivity (Wildman–Crippen MR) is 65.9 cm³/mol. The molecule has 0 heterocycles. The summed E-state index contributed by atoms with van der Waals surface area (Å²) >= 11 is 0. The number of likely N-dealkylation sites (N-methyl/N-ethyl adjacent to an activating group) is 1. The highest BCUT2D eigenvalue weighted by Crippen LogP contribution is 2.01. The zero-order valence-electron chi connectivity index (χ0n) is 9.87. The highest BCUT2D eigenvalue weighted by atomic mass is 15.1. The summed E-state index contributed by atoms with van der Waals surface area (Å²) in [6, 6.07) is 10.6. The molecule has 0 aromatic heterocycles. The molecule has 1 aromatic rings. The maximum atomic E-state index is 3.41. The molecule has 0 aliphatic carbocycles. The van der Waals surface area contributed by atoms with E-state index in [0.29, 0.717) is 0 Å². The van der Waals surface area contributed by atoms with Crippen LogP contribution in [0.3, 0.4) is 0 Å². The lowest BCUT2D eigenvalue weighted by molar-refractivity contribution is 0.324. The van der Waals surface area contributed by atoms with E-state index in [-0.39, 0.29) is 0 Å². The van der Waals surface area contributed by atoms with Gasteiger partial charge in [-0.05, 0) is 25.6 Å². The summed E-state index contributed by atoms with van der Waals surface area (Å²) in [6.07, 6.45) is 1.21. The van der Waals surface area contributed by atoms with Gasteiger partial charge in [-0.15, -0.1) is 0 Å². The van der Waals surface area contributed by atoms with Crippen molar-refractivity contribution in [2.45, 2.75) is 19.9 Å². The van der Waals surface area contributed by atoms with Crippen LogP contribution in [-0.2, 0) is 6.54 Å². The summed E-state index contributed by atoms with van der Waals surface area (Å²) in [5, 5.41) is 3.41. The van der Waals surface area contributed by atoms with E-state index in [4.69, 9.17) is 0 Å². The van der Waals surface area contributed by atoms with Crippen LogP contribution < -0.4 is 5.32 Å². The Kier molecular flexibility index (Phi) is 6.05. The average molecular weight is 206 g/mol. The zero-order chi connectivity index (χ0) is 10.9. The van der Waals surface area contributed by atoms with E-state index in [2.05, 4.69) is 54.5 Å². The molecular formula is C13H22N2. The molecule has 0 radical (unpaired) electrons. The van der Waals surface area contributed by atoms with Gasteiger partial charge < -0.3 is 10.2 Å². The van der Waals surface area contributed by atoms with Crippen LogP contribution in [0.4, 0.5) is 0 Å². The number of nitrogens with one attached hydrogen (secondary N) is 1. The van der Waals surface area contributed by atoms with Crippen LogP contribution in [0, 0.1) is 0 Å². The second-order valence-electron chi connectivity index (χ2n) is 3.97. The molecule has 0 aliphatic rings. The molecule has 1 aromatic carbocycles. The Morgan fingerprint density at radius 3 is 2.53 bits per heavy atom. The molecule has 15 heavy (non-hydrogen) atoms. The normalized spacial score (nSPS) is 10.9. The first-order valence-corrected chi connectivity index (χ1v) is 5.76. The van der Waals surface area contributed by atoms with Gasteiger partial charge in [0.25, 0.3) is 0 Å². The van der Waals surface area contributed by atoms with Crippen LogP contribution in [0.2, 0.25) is 0 Å². The van der Waals surface area contributed by atoms with E-state index in [1.165, 1.54) is 12.0 Å². The van der Waals surface area contributed by atoms with Crippen molar-refractivity contribution < 1.29 is 0 Å². The Hall–Kier alpha value is -0.860. The molecule has 0 saturated carbocycles. The van der Waals surface area contributed by atoms with Crippen LogP contribution in [0.15, 0.2) is 30.3 Å². The first-order valence-electron chi connectivity index (χ1n) is 5.76. The molecule has 0 aliphatic heterocycles. The Balaban J connectivity index is 2.16. The highest BCUT2D eigenvalue weighted by Gasteiger charge is 1.98. The number of hydrogen-bond donors (Lipinski definition) is 1. The van der Waals surface area contributed by atoms with Crippen molar-refractivity contribution in [1.82, 2.24) is 10.2 Å². The lowest BCUT2D eigenvalue weighted by atomic mass is 10.2. The van der Waals surface area contributed by atoms with Crippen LogP contribution in [0.5, 0.6) is 0 Å². The molecular weight excluding hydrogens is 184 g/mol. The van der Waals surface area contributed by atoms with Crippen molar-refractivity contribution in [1.29, 1.82) is 0 Å². The summed E-state index contributed by atoms with van der Waals surface area (Å²) in [7, 11) is 2.17. The summed E-state index contributed by atoms with van der Waals surface area (Å²) < 4.78 is 0. The molecule has 0 unspecified atom stereocenters. The minimum absolute atomic E-state index is 1.04. The average Bonchev–Trinajstić information content (AvgIpc) is 2.26. The van der Waals surface area contributed by atoms with Crippen molar-refractivity contribution in [2.75, 3.05) is 26.7 Å². The number of benzene rings is 1. The third-order valence-corrected chi connectivity index (χ3v) is 2.39. The van der Waals surface area contributed by atoms with Crippen molar-refractivity contribution in [3.8, 4) is 0 Å².